The summed E-state index contributed by atoms with van der Waals surface area (Å²) < 4.78 is 11.2. The van der Waals surface area contributed by atoms with E-state index in [-0.39, 0.29) is 5.25 Å². The van der Waals surface area contributed by atoms with E-state index in [2.05, 4.69) is 27.5 Å². The molecule has 96 valence electrons. The van der Waals surface area contributed by atoms with Gasteiger partial charge in [0.25, 0.3) is 0 Å². The SMILES string of the molecule is CCCNc1cc(NCC(C)S(C)=O)ncn1. The molecule has 2 N–H and O–H groups in total. The molecule has 1 rings (SSSR count). The van der Waals surface area contributed by atoms with Crippen LogP contribution in [0.2, 0.25) is 0 Å². The van der Waals surface area contributed by atoms with Gasteiger partial charge in [0, 0.05) is 41.5 Å². The molecule has 0 saturated carbocycles. The third kappa shape index (κ3) is 5.12. The van der Waals surface area contributed by atoms with E-state index in [1.54, 1.807) is 6.26 Å². The fourth-order valence-electron chi connectivity index (χ4n) is 1.17. The van der Waals surface area contributed by atoms with E-state index in [9.17, 15) is 4.21 Å². The summed E-state index contributed by atoms with van der Waals surface area (Å²) in [7, 11) is -0.816. The Morgan fingerprint density at radius 2 is 2.00 bits per heavy atom. The van der Waals surface area contributed by atoms with Gasteiger partial charge in [-0.25, -0.2) is 9.97 Å². The Kier molecular flexibility index (Phi) is 5.90. The molecule has 0 aliphatic heterocycles. The molecule has 0 saturated heterocycles. The van der Waals surface area contributed by atoms with Crippen molar-refractivity contribution in [3.8, 4) is 0 Å². The number of nitrogens with one attached hydrogen (secondary N) is 2. The lowest BCUT2D eigenvalue weighted by molar-refractivity contribution is 0.679. The maximum Gasteiger partial charge on any atom is 0.131 e. The first-order chi connectivity index (χ1) is 8.13. The number of hydrogen-bond acceptors (Lipinski definition) is 5. The van der Waals surface area contributed by atoms with Crippen molar-refractivity contribution in [2.45, 2.75) is 25.5 Å². The number of hydrogen-bond donors (Lipinski definition) is 2. The Labute approximate surface area is 105 Å². The summed E-state index contributed by atoms with van der Waals surface area (Å²) in [6, 6.07) is 1.86. The van der Waals surface area contributed by atoms with Crippen molar-refractivity contribution >= 4 is 22.4 Å². The zero-order valence-electron chi connectivity index (χ0n) is 10.6. The highest BCUT2D eigenvalue weighted by atomic mass is 32.2. The molecule has 0 radical (unpaired) electrons. The lowest BCUT2D eigenvalue weighted by atomic mass is 10.4. The van der Waals surface area contributed by atoms with Crippen LogP contribution < -0.4 is 10.6 Å². The maximum atomic E-state index is 11.2. The van der Waals surface area contributed by atoms with Gasteiger partial charge in [0.05, 0.1) is 0 Å². The van der Waals surface area contributed by atoms with Crippen LogP contribution in [0.4, 0.5) is 11.6 Å². The second-order valence-corrected chi connectivity index (χ2v) is 5.71. The Morgan fingerprint density at radius 1 is 1.35 bits per heavy atom. The quantitative estimate of drug-likeness (QED) is 0.773. The zero-order valence-corrected chi connectivity index (χ0v) is 11.4. The Bertz CT molecular complexity index is 372. The van der Waals surface area contributed by atoms with Gasteiger partial charge in [0.2, 0.25) is 0 Å². The van der Waals surface area contributed by atoms with Gasteiger partial charge in [0.15, 0.2) is 0 Å². The summed E-state index contributed by atoms with van der Waals surface area (Å²) in [4.78, 5) is 8.23. The molecule has 6 heteroatoms. The molecule has 0 aromatic carbocycles. The van der Waals surface area contributed by atoms with Crippen LogP contribution in [0.25, 0.3) is 0 Å². The predicted molar refractivity (Wildman–Crippen MR) is 72.8 cm³/mol. The van der Waals surface area contributed by atoms with Gasteiger partial charge >= 0.3 is 0 Å². The molecule has 2 atom stereocenters. The molecule has 17 heavy (non-hydrogen) atoms. The highest BCUT2D eigenvalue weighted by Gasteiger charge is 2.06. The Balaban J connectivity index is 2.50. The molecular formula is C11H20N4OS. The minimum Gasteiger partial charge on any atom is -0.370 e. The van der Waals surface area contributed by atoms with Crippen LogP contribution >= 0.6 is 0 Å². The maximum absolute atomic E-state index is 11.2. The summed E-state index contributed by atoms with van der Waals surface area (Å²) in [5, 5.41) is 6.46. The van der Waals surface area contributed by atoms with Crippen molar-refractivity contribution < 1.29 is 4.21 Å². The molecule has 1 heterocycles. The lowest BCUT2D eigenvalue weighted by Gasteiger charge is -2.11. The summed E-state index contributed by atoms with van der Waals surface area (Å²) >= 11 is 0. The second-order valence-electron chi connectivity index (χ2n) is 3.91. The van der Waals surface area contributed by atoms with Crippen LogP contribution in [-0.4, -0.2) is 38.8 Å². The molecule has 2 unspecified atom stereocenters. The van der Waals surface area contributed by atoms with Crippen LogP contribution in [0.1, 0.15) is 20.3 Å². The van der Waals surface area contributed by atoms with Crippen molar-refractivity contribution in [3.05, 3.63) is 12.4 Å². The molecule has 1 aromatic heterocycles. The van der Waals surface area contributed by atoms with E-state index < -0.39 is 10.8 Å². The molecular weight excluding hydrogens is 236 g/mol. The first kappa shape index (κ1) is 13.9. The van der Waals surface area contributed by atoms with E-state index in [1.807, 2.05) is 13.0 Å². The average Bonchev–Trinajstić information content (AvgIpc) is 2.33. The summed E-state index contributed by atoms with van der Waals surface area (Å²) in [6.45, 7) is 5.59. The molecule has 5 nitrogen and oxygen atoms in total. The molecule has 0 fully saturated rings. The van der Waals surface area contributed by atoms with Gasteiger partial charge in [-0.3, -0.25) is 4.21 Å². The van der Waals surface area contributed by atoms with Crippen molar-refractivity contribution in [1.29, 1.82) is 0 Å². The summed E-state index contributed by atoms with van der Waals surface area (Å²) in [6.07, 6.45) is 4.28. The molecule has 0 bridgehead atoms. The normalized spacial score (nSPS) is 14.1. The monoisotopic (exact) mass is 256 g/mol. The van der Waals surface area contributed by atoms with Crippen molar-refractivity contribution in [2.75, 3.05) is 30.0 Å². The summed E-state index contributed by atoms with van der Waals surface area (Å²) in [5.74, 6) is 1.57. The van der Waals surface area contributed by atoms with Gasteiger partial charge in [-0.1, -0.05) is 6.92 Å². The van der Waals surface area contributed by atoms with Crippen LogP contribution in [-0.2, 0) is 10.8 Å². The van der Waals surface area contributed by atoms with Crippen LogP contribution in [0.3, 0.4) is 0 Å². The minimum absolute atomic E-state index is 0.108. The number of anilines is 2. The minimum atomic E-state index is -0.816. The number of aromatic nitrogens is 2. The highest BCUT2D eigenvalue weighted by Crippen LogP contribution is 2.08. The largest absolute Gasteiger partial charge is 0.370 e. The van der Waals surface area contributed by atoms with Crippen LogP contribution in [0.15, 0.2) is 12.4 Å². The lowest BCUT2D eigenvalue weighted by Crippen LogP contribution is -2.21. The first-order valence-corrected chi connectivity index (χ1v) is 7.37. The van der Waals surface area contributed by atoms with Gasteiger partial charge in [-0.2, -0.15) is 0 Å². The third-order valence-electron chi connectivity index (χ3n) is 2.36. The van der Waals surface area contributed by atoms with E-state index in [0.717, 1.165) is 24.6 Å². The molecule has 1 aromatic rings. The van der Waals surface area contributed by atoms with E-state index in [4.69, 9.17) is 0 Å². The highest BCUT2D eigenvalue weighted by molar-refractivity contribution is 7.84. The first-order valence-electron chi connectivity index (χ1n) is 5.75. The fourth-order valence-corrected chi connectivity index (χ4v) is 1.49. The Morgan fingerprint density at radius 3 is 2.59 bits per heavy atom. The Hall–Kier alpha value is -1.17. The van der Waals surface area contributed by atoms with Crippen molar-refractivity contribution in [3.63, 3.8) is 0 Å². The van der Waals surface area contributed by atoms with E-state index in [1.165, 1.54) is 6.33 Å². The van der Waals surface area contributed by atoms with E-state index >= 15 is 0 Å². The van der Waals surface area contributed by atoms with Gasteiger partial charge in [-0.15, -0.1) is 0 Å². The topological polar surface area (TPSA) is 66.9 Å². The van der Waals surface area contributed by atoms with Crippen molar-refractivity contribution in [1.82, 2.24) is 9.97 Å². The predicted octanol–water partition coefficient (Wildman–Crippen LogP) is 1.48. The zero-order chi connectivity index (χ0) is 12.7. The van der Waals surface area contributed by atoms with Gasteiger partial charge in [0.1, 0.15) is 18.0 Å². The van der Waals surface area contributed by atoms with Gasteiger partial charge in [-0.05, 0) is 13.3 Å². The second kappa shape index (κ2) is 7.21. The average molecular weight is 256 g/mol. The van der Waals surface area contributed by atoms with Crippen LogP contribution in [0, 0.1) is 0 Å². The number of rotatable bonds is 7. The summed E-state index contributed by atoms with van der Waals surface area (Å²) in [5.41, 5.74) is 0. The fraction of sp³-hybridized carbons (Fsp3) is 0.636. The molecule has 0 aliphatic rings. The van der Waals surface area contributed by atoms with E-state index in [0.29, 0.717) is 6.54 Å². The molecule has 0 spiro atoms. The smallest absolute Gasteiger partial charge is 0.131 e. The third-order valence-corrected chi connectivity index (χ3v) is 3.66. The van der Waals surface area contributed by atoms with Gasteiger partial charge < -0.3 is 10.6 Å². The molecule has 0 amide bonds. The standard InChI is InChI=1S/C11H20N4OS/c1-4-5-12-10-6-11(15-8-14-10)13-7-9(2)17(3)16/h6,8-9H,4-5,7H2,1-3H3,(H2,12,13,14,15). The molecule has 0 aliphatic carbocycles. The van der Waals surface area contributed by atoms with Crippen LogP contribution in [0.5, 0.6) is 0 Å². The number of nitrogens with zero attached hydrogens (tertiary/aromatic N) is 2. The van der Waals surface area contributed by atoms with Crippen molar-refractivity contribution in [2.24, 2.45) is 0 Å².